The van der Waals surface area contributed by atoms with E-state index in [0.717, 1.165) is 0 Å². The molecular weight excluding hydrogens is 286 g/mol. The van der Waals surface area contributed by atoms with Crippen LogP contribution < -0.4 is 21.7 Å². The largest absolute Gasteiger partial charge is 0.352 e. The minimum atomic E-state index is -0.790. The van der Waals surface area contributed by atoms with Gasteiger partial charge in [0, 0.05) is 18.0 Å². The summed E-state index contributed by atoms with van der Waals surface area (Å²) in [6.07, 6.45) is 2.88. The molecule has 0 spiro atoms. The molecule has 8 nitrogen and oxygen atoms in total. The number of hydrogen-bond acceptors (Lipinski definition) is 4. The van der Waals surface area contributed by atoms with Crippen LogP contribution in [0.5, 0.6) is 0 Å². The maximum atomic E-state index is 11.7. The molecule has 1 heterocycles. The van der Waals surface area contributed by atoms with Gasteiger partial charge in [0.2, 0.25) is 0 Å². The second kappa shape index (κ2) is 7.39. The number of rotatable bonds is 2. The molecule has 0 atom stereocenters. The molecule has 2 aromatic rings. The molecule has 0 aliphatic rings. The predicted molar refractivity (Wildman–Crippen MR) is 77.3 cm³/mol. The number of nitrogens with one attached hydrogen (secondary N) is 4. The molecule has 112 valence electrons. The van der Waals surface area contributed by atoms with Crippen LogP contribution >= 0.6 is 0 Å². The Morgan fingerprint density at radius 2 is 1.32 bits per heavy atom. The fourth-order valence-electron chi connectivity index (χ4n) is 1.49. The zero-order chi connectivity index (χ0) is 15.8. The number of hydrazine groups is 2. The van der Waals surface area contributed by atoms with Crippen LogP contribution in [0.1, 0.15) is 20.7 Å². The Hall–Kier alpha value is -3.42. The Morgan fingerprint density at radius 1 is 0.727 bits per heavy atom. The van der Waals surface area contributed by atoms with Crippen molar-refractivity contribution in [1.29, 1.82) is 0 Å². The van der Waals surface area contributed by atoms with E-state index in [1.807, 2.05) is 0 Å². The van der Waals surface area contributed by atoms with Crippen molar-refractivity contribution in [3.8, 4) is 0 Å². The quantitative estimate of drug-likeness (QED) is 0.600. The first-order valence-corrected chi connectivity index (χ1v) is 6.28. The molecule has 0 radical (unpaired) electrons. The van der Waals surface area contributed by atoms with Crippen LogP contribution in [0.2, 0.25) is 0 Å². The average Bonchev–Trinajstić information content (AvgIpc) is 2.59. The molecule has 1 aromatic carbocycles. The first-order chi connectivity index (χ1) is 10.7. The van der Waals surface area contributed by atoms with E-state index in [1.165, 1.54) is 12.4 Å². The van der Waals surface area contributed by atoms with Crippen LogP contribution in [0.3, 0.4) is 0 Å². The number of carbonyl (C=O) groups excluding carboxylic acids is 3. The van der Waals surface area contributed by atoms with Gasteiger partial charge in [0.15, 0.2) is 0 Å². The monoisotopic (exact) mass is 299 g/mol. The molecule has 8 heteroatoms. The van der Waals surface area contributed by atoms with E-state index in [0.29, 0.717) is 5.56 Å². The second-order valence-electron chi connectivity index (χ2n) is 4.10. The van der Waals surface area contributed by atoms with Crippen molar-refractivity contribution in [2.75, 3.05) is 0 Å². The summed E-state index contributed by atoms with van der Waals surface area (Å²) in [7, 11) is 0. The zero-order valence-corrected chi connectivity index (χ0v) is 11.4. The van der Waals surface area contributed by atoms with Crippen molar-refractivity contribution >= 4 is 17.8 Å². The number of carbonyl (C=O) groups is 3. The van der Waals surface area contributed by atoms with Gasteiger partial charge in [-0.1, -0.05) is 18.2 Å². The molecule has 0 fully saturated rings. The van der Waals surface area contributed by atoms with E-state index < -0.39 is 17.8 Å². The van der Waals surface area contributed by atoms with Crippen LogP contribution in [0.4, 0.5) is 4.79 Å². The topological polar surface area (TPSA) is 112 Å². The summed E-state index contributed by atoms with van der Waals surface area (Å²) in [6.45, 7) is 0. The Bertz CT molecular complexity index is 603. The van der Waals surface area contributed by atoms with E-state index in [2.05, 4.69) is 26.7 Å². The normalized spacial score (nSPS) is 9.45. The van der Waals surface area contributed by atoms with Crippen molar-refractivity contribution in [3.63, 3.8) is 0 Å². The van der Waals surface area contributed by atoms with Gasteiger partial charge in [0.25, 0.3) is 11.8 Å². The van der Waals surface area contributed by atoms with E-state index in [1.54, 1.807) is 42.5 Å². The smallest absolute Gasteiger partial charge is 0.267 e. The van der Waals surface area contributed by atoms with E-state index in [9.17, 15) is 14.4 Å². The van der Waals surface area contributed by atoms with Crippen molar-refractivity contribution < 1.29 is 14.4 Å². The first kappa shape index (κ1) is 15.0. The molecule has 2 rings (SSSR count). The Morgan fingerprint density at radius 3 is 1.91 bits per heavy atom. The molecule has 0 bridgehead atoms. The van der Waals surface area contributed by atoms with Crippen LogP contribution in [-0.2, 0) is 0 Å². The number of benzene rings is 1. The maximum Gasteiger partial charge on any atom is 0.352 e. The third-order valence-corrected chi connectivity index (χ3v) is 2.54. The van der Waals surface area contributed by atoms with Gasteiger partial charge in [0.05, 0.1) is 5.56 Å². The van der Waals surface area contributed by atoms with Crippen molar-refractivity contribution in [2.45, 2.75) is 0 Å². The molecule has 0 saturated heterocycles. The van der Waals surface area contributed by atoms with E-state index in [-0.39, 0.29) is 5.56 Å². The minimum absolute atomic E-state index is 0.288. The van der Waals surface area contributed by atoms with Gasteiger partial charge in [-0.2, -0.15) is 0 Å². The summed E-state index contributed by atoms with van der Waals surface area (Å²) in [5.74, 6) is -1.01. The van der Waals surface area contributed by atoms with Crippen LogP contribution in [-0.4, -0.2) is 22.8 Å². The Labute approximate surface area is 125 Å². The lowest BCUT2D eigenvalue weighted by atomic mass is 10.2. The molecule has 0 saturated carbocycles. The molecule has 0 aliphatic carbocycles. The summed E-state index contributed by atoms with van der Waals surface area (Å²) < 4.78 is 0. The third-order valence-electron chi connectivity index (χ3n) is 2.54. The van der Waals surface area contributed by atoms with Gasteiger partial charge in [-0.15, -0.1) is 0 Å². The second-order valence-corrected chi connectivity index (χ2v) is 4.10. The summed E-state index contributed by atoms with van der Waals surface area (Å²) >= 11 is 0. The summed E-state index contributed by atoms with van der Waals surface area (Å²) in [5.41, 5.74) is 9.25. The van der Waals surface area contributed by atoms with Crippen molar-refractivity contribution in [3.05, 3.63) is 66.0 Å². The lowest BCUT2D eigenvalue weighted by Crippen LogP contribution is -2.52. The van der Waals surface area contributed by atoms with E-state index >= 15 is 0 Å². The Balaban J connectivity index is 1.74. The molecule has 4 amide bonds. The summed E-state index contributed by atoms with van der Waals surface area (Å²) in [4.78, 5) is 38.5. The van der Waals surface area contributed by atoms with Crippen LogP contribution in [0.25, 0.3) is 0 Å². The molecule has 22 heavy (non-hydrogen) atoms. The minimum Gasteiger partial charge on any atom is -0.267 e. The van der Waals surface area contributed by atoms with Gasteiger partial charge in [0.1, 0.15) is 0 Å². The average molecular weight is 299 g/mol. The molecular formula is C14H13N5O3. The number of aromatic nitrogens is 1. The van der Waals surface area contributed by atoms with Gasteiger partial charge in [-0.05, 0) is 24.3 Å². The lowest BCUT2D eigenvalue weighted by Gasteiger charge is -2.09. The first-order valence-electron chi connectivity index (χ1n) is 6.28. The van der Waals surface area contributed by atoms with Crippen LogP contribution in [0, 0.1) is 0 Å². The highest BCUT2D eigenvalue weighted by Gasteiger charge is 2.08. The standard InChI is InChI=1S/C14H13N5O3/c20-12(10-5-2-1-3-6-10)16-18-14(22)19-17-13(21)11-7-4-8-15-9-11/h1-9H,(H,16,20)(H,17,21)(H2,18,19,22). The fourth-order valence-corrected chi connectivity index (χ4v) is 1.49. The van der Waals surface area contributed by atoms with Crippen molar-refractivity contribution in [1.82, 2.24) is 26.7 Å². The number of urea groups is 1. The number of hydrogen-bond donors (Lipinski definition) is 4. The van der Waals surface area contributed by atoms with Crippen molar-refractivity contribution in [2.24, 2.45) is 0 Å². The van der Waals surface area contributed by atoms with E-state index in [4.69, 9.17) is 0 Å². The predicted octanol–water partition coefficient (Wildman–Crippen LogP) is 0.371. The summed E-state index contributed by atoms with van der Waals surface area (Å²) in [6, 6.07) is 10.7. The maximum absolute atomic E-state index is 11.7. The lowest BCUT2D eigenvalue weighted by molar-refractivity contribution is 0.0928. The SMILES string of the molecule is O=C(NNC(=O)c1ccccc1)NNC(=O)c1cccnc1. The number of pyridine rings is 1. The molecule has 0 unspecified atom stereocenters. The highest BCUT2D eigenvalue weighted by Crippen LogP contribution is 1.96. The highest BCUT2D eigenvalue weighted by molar-refractivity contribution is 5.96. The molecule has 1 aromatic heterocycles. The fraction of sp³-hybridized carbons (Fsp3) is 0. The van der Waals surface area contributed by atoms with Gasteiger partial charge in [-0.3, -0.25) is 25.4 Å². The van der Waals surface area contributed by atoms with Crippen LogP contribution in [0.15, 0.2) is 54.9 Å². The molecule has 0 aliphatic heterocycles. The summed E-state index contributed by atoms with van der Waals surface area (Å²) in [5, 5.41) is 0. The number of amides is 4. The Kier molecular flexibility index (Phi) is 5.03. The van der Waals surface area contributed by atoms with Gasteiger partial charge < -0.3 is 0 Å². The number of nitrogens with zero attached hydrogens (tertiary/aromatic N) is 1. The highest BCUT2D eigenvalue weighted by atomic mass is 16.2. The van der Waals surface area contributed by atoms with Gasteiger partial charge in [-0.25, -0.2) is 15.6 Å². The third kappa shape index (κ3) is 4.30. The zero-order valence-electron chi connectivity index (χ0n) is 11.4. The van der Waals surface area contributed by atoms with Gasteiger partial charge >= 0.3 is 6.03 Å². The molecule has 4 N–H and O–H groups in total.